The number of hydrogen-bond acceptors (Lipinski definition) is 0. The Morgan fingerprint density at radius 2 is 1.71 bits per heavy atom. The average molecular weight is 293 g/mol. The standard InChI is InChI=1S/C21H40/c1-6-20-12-9-11-19(3)14-13-18(2)10-7-8-16-21(4,5)17-15-20/h9,11,18-20H,6-8,10,12-17H2,1-5H3. The summed E-state index contributed by atoms with van der Waals surface area (Å²) in [4.78, 5) is 0. The largest absolute Gasteiger partial charge is 0.0880 e. The lowest BCUT2D eigenvalue weighted by molar-refractivity contribution is 0.258. The zero-order valence-corrected chi connectivity index (χ0v) is 15.5. The lowest BCUT2D eigenvalue weighted by Crippen LogP contribution is -2.13. The second-order valence-electron chi connectivity index (χ2n) is 8.55. The van der Waals surface area contributed by atoms with Crippen molar-refractivity contribution in [3.63, 3.8) is 0 Å². The predicted molar refractivity (Wildman–Crippen MR) is 96.6 cm³/mol. The summed E-state index contributed by atoms with van der Waals surface area (Å²) in [6.45, 7) is 12.2. The smallest absolute Gasteiger partial charge is 0.0262 e. The van der Waals surface area contributed by atoms with E-state index in [1.54, 1.807) is 0 Å². The Labute approximate surface area is 134 Å². The molecule has 124 valence electrons. The van der Waals surface area contributed by atoms with Crippen molar-refractivity contribution < 1.29 is 0 Å². The first-order valence-electron chi connectivity index (χ1n) is 9.59. The van der Waals surface area contributed by atoms with Gasteiger partial charge in [-0.05, 0) is 55.3 Å². The van der Waals surface area contributed by atoms with Gasteiger partial charge < -0.3 is 0 Å². The predicted octanol–water partition coefficient (Wildman–Crippen LogP) is 7.39. The van der Waals surface area contributed by atoms with Crippen molar-refractivity contribution in [1.29, 1.82) is 0 Å². The van der Waals surface area contributed by atoms with Gasteiger partial charge in [-0.25, -0.2) is 0 Å². The van der Waals surface area contributed by atoms with Crippen LogP contribution in [0.2, 0.25) is 0 Å². The molecular formula is C21H40. The molecular weight excluding hydrogens is 252 g/mol. The van der Waals surface area contributed by atoms with Crippen LogP contribution in [0.25, 0.3) is 0 Å². The fourth-order valence-corrected chi connectivity index (χ4v) is 3.60. The minimum Gasteiger partial charge on any atom is -0.0880 e. The van der Waals surface area contributed by atoms with E-state index in [4.69, 9.17) is 0 Å². The summed E-state index contributed by atoms with van der Waals surface area (Å²) < 4.78 is 0. The van der Waals surface area contributed by atoms with Gasteiger partial charge in [0.25, 0.3) is 0 Å². The van der Waals surface area contributed by atoms with Crippen LogP contribution < -0.4 is 0 Å². The van der Waals surface area contributed by atoms with Gasteiger partial charge in [-0.15, -0.1) is 0 Å². The second kappa shape index (κ2) is 9.70. The number of allylic oxidation sites excluding steroid dienone is 2. The summed E-state index contributed by atoms with van der Waals surface area (Å²) >= 11 is 0. The Kier molecular flexibility index (Phi) is 8.67. The lowest BCUT2D eigenvalue weighted by atomic mass is 9.79. The van der Waals surface area contributed by atoms with Crippen LogP contribution in [0.1, 0.15) is 98.8 Å². The molecule has 0 aromatic carbocycles. The molecule has 0 N–H and O–H groups in total. The van der Waals surface area contributed by atoms with Gasteiger partial charge in [0, 0.05) is 0 Å². The first kappa shape index (κ1) is 18.8. The molecule has 1 aliphatic carbocycles. The van der Waals surface area contributed by atoms with E-state index < -0.39 is 0 Å². The van der Waals surface area contributed by atoms with Crippen LogP contribution in [0.15, 0.2) is 12.2 Å². The third kappa shape index (κ3) is 8.69. The topological polar surface area (TPSA) is 0 Å². The molecule has 0 saturated carbocycles. The zero-order valence-electron chi connectivity index (χ0n) is 15.5. The Balaban J connectivity index is 2.59. The van der Waals surface area contributed by atoms with Gasteiger partial charge in [-0.3, -0.25) is 0 Å². The fourth-order valence-electron chi connectivity index (χ4n) is 3.60. The van der Waals surface area contributed by atoms with Gasteiger partial charge >= 0.3 is 0 Å². The maximum atomic E-state index is 2.49. The molecule has 1 rings (SSSR count). The highest BCUT2D eigenvalue weighted by atomic mass is 14.2. The van der Waals surface area contributed by atoms with Crippen molar-refractivity contribution in [3.05, 3.63) is 12.2 Å². The molecule has 0 nitrogen and oxygen atoms in total. The summed E-state index contributed by atoms with van der Waals surface area (Å²) in [5, 5.41) is 0. The van der Waals surface area contributed by atoms with Crippen LogP contribution in [-0.4, -0.2) is 0 Å². The van der Waals surface area contributed by atoms with Crippen molar-refractivity contribution in [2.45, 2.75) is 98.8 Å². The Morgan fingerprint density at radius 1 is 0.952 bits per heavy atom. The maximum Gasteiger partial charge on any atom is -0.0262 e. The van der Waals surface area contributed by atoms with Gasteiger partial charge in [0.2, 0.25) is 0 Å². The molecule has 0 heterocycles. The molecule has 0 fully saturated rings. The lowest BCUT2D eigenvalue weighted by Gasteiger charge is -2.27. The highest BCUT2D eigenvalue weighted by Crippen LogP contribution is 2.33. The molecule has 21 heavy (non-hydrogen) atoms. The molecule has 0 radical (unpaired) electrons. The molecule has 3 unspecified atom stereocenters. The number of rotatable bonds is 1. The van der Waals surface area contributed by atoms with Crippen LogP contribution in [0.5, 0.6) is 0 Å². The first-order valence-corrected chi connectivity index (χ1v) is 9.59. The highest BCUT2D eigenvalue weighted by Gasteiger charge is 2.19. The molecule has 0 spiro atoms. The molecule has 0 aliphatic heterocycles. The summed E-state index contributed by atoms with van der Waals surface area (Å²) in [7, 11) is 0. The summed E-state index contributed by atoms with van der Waals surface area (Å²) in [5.41, 5.74) is 0.549. The molecule has 0 aromatic rings. The quantitative estimate of drug-likeness (QED) is 0.442. The van der Waals surface area contributed by atoms with Crippen LogP contribution in [0.4, 0.5) is 0 Å². The first-order chi connectivity index (χ1) is 9.93. The SMILES string of the molecule is CCC1CC=CC(C)CCC(C)CCCCC(C)(C)CC1. The van der Waals surface area contributed by atoms with Gasteiger partial charge in [0.1, 0.15) is 0 Å². The molecule has 0 heteroatoms. The van der Waals surface area contributed by atoms with E-state index >= 15 is 0 Å². The average Bonchev–Trinajstić information content (AvgIpc) is 2.44. The van der Waals surface area contributed by atoms with Gasteiger partial charge in [0.15, 0.2) is 0 Å². The van der Waals surface area contributed by atoms with Crippen molar-refractivity contribution in [2.75, 3.05) is 0 Å². The molecule has 0 bridgehead atoms. The van der Waals surface area contributed by atoms with E-state index in [1.165, 1.54) is 64.2 Å². The van der Waals surface area contributed by atoms with Crippen molar-refractivity contribution in [1.82, 2.24) is 0 Å². The van der Waals surface area contributed by atoms with Gasteiger partial charge in [-0.2, -0.15) is 0 Å². The fraction of sp³-hybridized carbons (Fsp3) is 0.905. The normalized spacial score (nSPS) is 33.1. The minimum atomic E-state index is 0.549. The second-order valence-corrected chi connectivity index (χ2v) is 8.55. The van der Waals surface area contributed by atoms with E-state index in [-0.39, 0.29) is 0 Å². The Hall–Kier alpha value is -0.260. The highest BCUT2D eigenvalue weighted by molar-refractivity contribution is 4.88. The van der Waals surface area contributed by atoms with E-state index in [1.807, 2.05) is 0 Å². The summed E-state index contributed by atoms with van der Waals surface area (Å²) in [5.74, 6) is 2.58. The minimum absolute atomic E-state index is 0.549. The molecule has 1 aliphatic rings. The third-order valence-electron chi connectivity index (χ3n) is 5.66. The van der Waals surface area contributed by atoms with Crippen LogP contribution >= 0.6 is 0 Å². The van der Waals surface area contributed by atoms with Crippen molar-refractivity contribution in [3.8, 4) is 0 Å². The Morgan fingerprint density at radius 3 is 2.43 bits per heavy atom. The summed E-state index contributed by atoms with van der Waals surface area (Å²) in [6, 6.07) is 0. The third-order valence-corrected chi connectivity index (χ3v) is 5.66. The van der Waals surface area contributed by atoms with E-state index in [2.05, 4.69) is 46.8 Å². The van der Waals surface area contributed by atoms with E-state index in [0.29, 0.717) is 5.41 Å². The van der Waals surface area contributed by atoms with Crippen LogP contribution in [0.3, 0.4) is 0 Å². The van der Waals surface area contributed by atoms with Crippen LogP contribution in [0, 0.1) is 23.2 Å². The molecule has 0 amide bonds. The van der Waals surface area contributed by atoms with Crippen molar-refractivity contribution in [2.24, 2.45) is 23.2 Å². The van der Waals surface area contributed by atoms with Gasteiger partial charge in [0.05, 0.1) is 0 Å². The Bertz CT molecular complexity index is 286. The van der Waals surface area contributed by atoms with Crippen LogP contribution in [-0.2, 0) is 0 Å². The van der Waals surface area contributed by atoms with E-state index in [9.17, 15) is 0 Å². The molecule has 0 saturated heterocycles. The van der Waals surface area contributed by atoms with Gasteiger partial charge in [-0.1, -0.05) is 78.9 Å². The monoisotopic (exact) mass is 292 g/mol. The molecule has 0 aromatic heterocycles. The zero-order chi connectivity index (χ0) is 15.7. The van der Waals surface area contributed by atoms with Crippen molar-refractivity contribution >= 4 is 0 Å². The summed E-state index contributed by atoms with van der Waals surface area (Å²) in [6.07, 6.45) is 18.9. The number of hydrogen-bond donors (Lipinski definition) is 0. The van der Waals surface area contributed by atoms with E-state index in [0.717, 1.165) is 17.8 Å². The maximum absolute atomic E-state index is 2.49. The molecule has 3 atom stereocenters.